The van der Waals surface area contributed by atoms with Crippen molar-refractivity contribution in [3.05, 3.63) is 59.9 Å². The molecule has 6 heteroatoms. The molecule has 6 nitrogen and oxygen atoms in total. The summed E-state index contributed by atoms with van der Waals surface area (Å²) in [6.07, 6.45) is 3.14. The molecular formula is C28H37N5O. The highest BCUT2D eigenvalue weighted by molar-refractivity contribution is 5.79. The Morgan fingerprint density at radius 3 is 2.47 bits per heavy atom. The fourth-order valence-electron chi connectivity index (χ4n) is 5.59. The van der Waals surface area contributed by atoms with Gasteiger partial charge in [0.2, 0.25) is 5.91 Å². The predicted molar refractivity (Wildman–Crippen MR) is 138 cm³/mol. The SMILES string of the molecule is CCc1ccc(N2CCN(C(=O)[C@@H]3CCCN(Cc4nc5ccccc5n4CC)C3)CC2)cc1. The molecule has 0 saturated carbocycles. The molecule has 1 amide bonds. The second-order valence-electron chi connectivity index (χ2n) is 9.67. The Bertz CT molecular complexity index is 1110. The highest BCUT2D eigenvalue weighted by Crippen LogP contribution is 2.24. The molecule has 3 heterocycles. The Morgan fingerprint density at radius 2 is 1.74 bits per heavy atom. The average Bonchev–Trinajstić information content (AvgIpc) is 3.25. The van der Waals surface area contributed by atoms with Gasteiger partial charge in [0.15, 0.2) is 0 Å². The van der Waals surface area contributed by atoms with E-state index in [1.807, 2.05) is 0 Å². The summed E-state index contributed by atoms with van der Waals surface area (Å²) in [7, 11) is 0. The van der Waals surface area contributed by atoms with Crippen LogP contribution in [0.1, 0.15) is 38.1 Å². The minimum absolute atomic E-state index is 0.101. The van der Waals surface area contributed by atoms with Crippen molar-refractivity contribution in [2.75, 3.05) is 44.2 Å². The number of aromatic nitrogens is 2. The molecule has 0 spiro atoms. The molecule has 0 radical (unpaired) electrons. The van der Waals surface area contributed by atoms with Gasteiger partial charge in [-0.15, -0.1) is 0 Å². The third-order valence-electron chi connectivity index (χ3n) is 7.57. The van der Waals surface area contributed by atoms with Gasteiger partial charge in [-0.25, -0.2) is 4.98 Å². The predicted octanol–water partition coefficient (Wildman–Crippen LogP) is 4.18. The van der Waals surface area contributed by atoms with Crippen LogP contribution in [-0.2, 0) is 24.3 Å². The number of rotatable bonds is 6. The second-order valence-corrected chi connectivity index (χ2v) is 9.67. The molecule has 1 aromatic heterocycles. The molecule has 0 unspecified atom stereocenters. The standard InChI is InChI=1S/C28H37N5O/c1-3-22-11-13-24(14-12-22)31-16-18-32(19-17-31)28(34)23-8-7-15-30(20-23)21-27-29-25-9-5-6-10-26(25)33(27)4-2/h5-6,9-14,23H,3-4,7-8,15-21H2,1-2H3/t23-/m1/s1. The minimum Gasteiger partial charge on any atom is -0.368 e. The summed E-state index contributed by atoms with van der Waals surface area (Å²) in [4.78, 5) is 25.3. The molecule has 5 rings (SSSR count). The summed E-state index contributed by atoms with van der Waals surface area (Å²) >= 11 is 0. The molecule has 1 atom stereocenters. The van der Waals surface area contributed by atoms with Gasteiger partial charge >= 0.3 is 0 Å². The van der Waals surface area contributed by atoms with Gasteiger partial charge in [0, 0.05) is 45.0 Å². The van der Waals surface area contributed by atoms with E-state index in [0.717, 1.165) is 83.0 Å². The van der Waals surface area contributed by atoms with Crippen LogP contribution in [0.5, 0.6) is 0 Å². The summed E-state index contributed by atoms with van der Waals surface area (Å²) in [5, 5.41) is 0. The van der Waals surface area contributed by atoms with Crippen molar-refractivity contribution >= 4 is 22.6 Å². The molecule has 180 valence electrons. The highest BCUT2D eigenvalue weighted by atomic mass is 16.2. The number of hydrogen-bond donors (Lipinski definition) is 0. The quantitative estimate of drug-likeness (QED) is 0.555. The monoisotopic (exact) mass is 459 g/mol. The lowest BCUT2D eigenvalue weighted by Crippen LogP contribution is -2.52. The highest BCUT2D eigenvalue weighted by Gasteiger charge is 2.31. The normalized spacial score (nSPS) is 19.6. The number of carbonyl (C=O) groups excluding carboxylic acids is 1. The number of likely N-dealkylation sites (tertiary alicyclic amines) is 1. The van der Waals surface area contributed by atoms with Crippen LogP contribution in [0.3, 0.4) is 0 Å². The van der Waals surface area contributed by atoms with Crippen molar-refractivity contribution in [3.8, 4) is 0 Å². The summed E-state index contributed by atoms with van der Waals surface area (Å²) in [5.41, 5.74) is 4.90. The number of anilines is 1. The molecule has 0 aliphatic carbocycles. The zero-order valence-corrected chi connectivity index (χ0v) is 20.6. The Morgan fingerprint density at radius 1 is 0.971 bits per heavy atom. The van der Waals surface area contributed by atoms with Crippen molar-refractivity contribution in [1.29, 1.82) is 0 Å². The van der Waals surface area contributed by atoms with Crippen molar-refractivity contribution < 1.29 is 4.79 Å². The van der Waals surface area contributed by atoms with Gasteiger partial charge in [-0.3, -0.25) is 9.69 Å². The minimum atomic E-state index is 0.101. The smallest absolute Gasteiger partial charge is 0.227 e. The van der Waals surface area contributed by atoms with Crippen molar-refractivity contribution in [2.24, 2.45) is 5.92 Å². The van der Waals surface area contributed by atoms with Crippen molar-refractivity contribution in [1.82, 2.24) is 19.4 Å². The number of imidazole rings is 1. The molecule has 2 fully saturated rings. The number of piperidine rings is 1. The van der Waals surface area contributed by atoms with Gasteiger partial charge in [-0.05, 0) is 62.6 Å². The lowest BCUT2D eigenvalue weighted by atomic mass is 9.96. The van der Waals surface area contributed by atoms with Crippen LogP contribution in [0.25, 0.3) is 11.0 Å². The van der Waals surface area contributed by atoms with Gasteiger partial charge in [-0.1, -0.05) is 31.2 Å². The fourth-order valence-corrected chi connectivity index (χ4v) is 5.59. The number of benzene rings is 2. The van der Waals surface area contributed by atoms with Gasteiger partial charge in [0.25, 0.3) is 0 Å². The first-order valence-corrected chi connectivity index (χ1v) is 13.0. The number of piperazine rings is 1. The summed E-state index contributed by atoms with van der Waals surface area (Å²) in [5.74, 6) is 1.55. The second kappa shape index (κ2) is 10.2. The maximum atomic E-state index is 13.4. The fraction of sp³-hybridized carbons (Fsp3) is 0.500. The van der Waals surface area contributed by atoms with Crippen LogP contribution in [0.15, 0.2) is 48.5 Å². The molecule has 3 aromatic rings. The van der Waals surface area contributed by atoms with E-state index in [0.29, 0.717) is 5.91 Å². The van der Waals surface area contributed by atoms with E-state index in [4.69, 9.17) is 4.98 Å². The first-order chi connectivity index (χ1) is 16.7. The summed E-state index contributed by atoms with van der Waals surface area (Å²) in [6, 6.07) is 17.2. The molecule has 2 saturated heterocycles. The van der Waals surface area contributed by atoms with Crippen LogP contribution >= 0.6 is 0 Å². The molecule has 2 aromatic carbocycles. The Hall–Kier alpha value is -2.86. The Labute approximate surface area is 203 Å². The third kappa shape index (κ3) is 4.69. The third-order valence-corrected chi connectivity index (χ3v) is 7.57. The van der Waals surface area contributed by atoms with Crippen LogP contribution in [0.2, 0.25) is 0 Å². The molecule has 0 bridgehead atoms. The molecule has 34 heavy (non-hydrogen) atoms. The number of amides is 1. The van der Waals surface area contributed by atoms with Gasteiger partial charge < -0.3 is 14.4 Å². The van der Waals surface area contributed by atoms with Crippen LogP contribution in [-0.4, -0.2) is 64.5 Å². The van der Waals surface area contributed by atoms with E-state index in [2.05, 4.69) is 81.6 Å². The lowest BCUT2D eigenvalue weighted by Gasteiger charge is -2.39. The maximum Gasteiger partial charge on any atom is 0.227 e. The van der Waals surface area contributed by atoms with E-state index < -0.39 is 0 Å². The Balaban J connectivity index is 1.18. The van der Waals surface area contributed by atoms with Gasteiger partial charge in [0.05, 0.1) is 23.5 Å². The largest absolute Gasteiger partial charge is 0.368 e. The molecule has 2 aliphatic heterocycles. The van der Waals surface area contributed by atoms with E-state index in [1.54, 1.807) is 0 Å². The first kappa shape index (κ1) is 22.9. The maximum absolute atomic E-state index is 13.4. The lowest BCUT2D eigenvalue weighted by molar-refractivity contribution is -0.137. The number of nitrogens with zero attached hydrogens (tertiary/aromatic N) is 5. The zero-order valence-electron chi connectivity index (χ0n) is 20.6. The first-order valence-electron chi connectivity index (χ1n) is 13.0. The van der Waals surface area contributed by atoms with Crippen LogP contribution < -0.4 is 4.90 Å². The van der Waals surface area contributed by atoms with E-state index in [9.17, 15) is 4.79 Å². The van der Waals surface area contributed by atoms with Crippen molar-refractivity contribution in [2.45, 2.75) is 46.2 Å². The molecular weight excluding hydrogens is 422 g/mol. The summed E-state index contributed by atoms with van der Waals surface area (Å²) in [6.45, 7) is 11.4. The number of fused-ring (bicyclic) bond motifs is 1. The number of para-hydroxylation sites is 2. The van der Waals surface area contributed by atoms with Gasteiger partial charge in [-0.2, -0.15) is 0 Å². The molecule has 0 N–H and O–H groups in total. The van der Waals surface area contributed by atoms with E-state index in [-0.39, 0.29) is 5.92 Å². The molecule has 2 aliphatic rings. The number of hydrogen-bond acceptors (Lipinski definition) is 4. The summed E-state index contributed by atoms with van der Waals surface area (Å²) < 4.78 is 2.31. The number of aryl methyl sites for hydroxylation is 2. The van der Waals surface area contributed by atoms with Crippen molar-refractivity contribution in [3.63, 3.8) is 0 Å². The van der Waals surface area contributed by atoms with Crippen LogP contribution in [0, 0.1) is 5.92 Å². The Kier molecular flexibility index (Phi) is 6.86. The van der Waals surface area contributed by atoms with E-state index in [1.165, 1.54) is 16.8 Å². The van der Waals surface area contributed by atoms with Gasteiger partial charge in [0.1, 0.15) is 5.82 Å². The van der Waals surface area contributed by atoms with Crippen LogP contribution in [0.4, 0.5) is 5.69 Å². The number of carbonyl (C=O) groups is 1. The average molecular weight is 460 g/mol. The zero-order chi connectivity index (χ0) is 23.5. The topological polar surface area (TPSA) is 44.6 Å². The van der Waals surface area contributed by atoms with E-state index >= 15 is 0 Å².